The van der Waals surface area contributed by atoms with Gasteiger partial charge in [-0.3, -0.25) is 28.8 Å². The summed E-state index contributed by atoms with van der Waals surface area (Å²) in [5, 5.41) is 18.6. The molecule has 10 nitrogen and oxygen atoms in total. The summed E-state index contributed by atoms with van der Waals surface area (Å²) < 4.78 is 0. The lowest BCUT2D eigenvalue weighted by atomic mass is 9.46. The van der Waals surface area contributed by atoms with Crippen molar-refractivity contribution in [1.29, 1.82) is 0 Å². The Labute approximate surface area is 316 Å². The summed E-state index contributed by atoms with van der Waals surface area (Å²) in [7, 11) is 0. The number of carboxylic acids is 2. The Kier molecular flexibility index (Phi) is 9.17. The Morgan fingerprint density at radius 2 is 1.15 bits per heavy atom. The van der Waals surface area contributed by atoms with E-state index in [1.807, 2.05) is 33.8 Å². The quantitative estimate of drug-likeness (QED) is 0.315. The van der Waals surface area contributed by atoms with E-state index in [0.29, 0.717) is 6.42 Å². The number of carboxylic acid groups (broad SMARTS) is 2. The molecule has 0 aromatic carbocycles. The van der Waals surface area contributed by atoms with Crippen molar-refractivity contribution in [3.63, 3.8) is 0 Å². The van der Waals surface area contributed by atoms with Crippen LogP contribution in [0.5, 0.6) is 0 Å². The number of carbonyl (C=O) groups is 8. The van der Waals surface area contributed by atoms with Crippen LogP contribution in [-0.4, -0.2) is 56.9 Å². The van der Waals surface area contributed by atoms with Crippen LogP contribution in [0, 0.1) is 80.8 Å². The number of Topliss-reactive ketones (excluding diaryl/α,β-unsaturated/α-hetero) is 4. The molecule has 0 amide bonds. The van der Waals surface area contributed by atoms with Crippen LogP contribution in [0.1, 0.15) is 106 Å². The molecule has 8 aliphatic carbocycles. The van der Waals surface area contributed by atoms with E-state index < -0.39 is 51.6 Å². The van der Waals surface area contributed by atoms with Crippen molar-refractivity contribution < 1.29 is 48.6 Å². The fraction of sp³-hybridized carbons (Fsp3) is 0.682. The van der Waals surface area contributed by atoms with Gasteiger partial charge in [0.2, 0.25) is 11.6 Å². The molecule has 2 N–H and O–H groups in total. The first-order chi connectivity index (χ1) is 25.2. The van der Waals surface area contributed by atoms with Gasteiger partial charge in [0.25, 0.3) is 0 Å². The van der Waals surface area contributed by atoms with Gasteiger partial charge in [-0.05, 0) is 115 Å². The monoisotopic (exact) mass is 742 g/mol. The third-order valence-corrected chi connectivity index (χ3v) is 16.6. The van der Waals surface area contributed by atoms with Crippen LogP contribution in [0.3, 0.4) is 0 Å². The molecule has 10 heteroatoms. The average molecular weight is 743 g/mol. The highest BCUT2D eigenvalue weighted by atomic mass is 16.4. The lowest BCUT2D eigenvalue weighted by molar-refractivity contribution is -0.158. The van der Waals surface area contributed by atoms with Gasteiger partial charge in [-0.25, -0.2) is 9.59 Å². The maximum Gasteiger partial charge on any atom is 0.372 e. The maximum atomic E-state index is 13.4. The molecule has 8 rings (SSSR count). The summed E-state index contributed by atoms with van der Waals surface area (Å²) in [6.45, 7) is 12.0. The lowest BCUT2D eigenvalue weighted by Gasteiger charge is -2.56. The molecule has 0 aromatic heterocycles. The molecule has 290 valence electrons. The van der Waals surface area contributed by atoms with E-state index in [4.69, 9.17) is 0 Å². The molecule has 54 heavy (non-hydrogen) atoms. The molecular formula is C44H54O10. The Hall–Kier alpha value is -3.82. The summed E-state index contributed by atoms with van der Waals surface area (Å²) in [6, 6.07) is 0. The number of hydrogen-bond donors (Lipinski definition) is 2. The van der Waals surface area contributed by atoms with E-state index in [9.17, 15) is 48.6 Å². The molecule has 0 aromatic rings. The first-order valence-electron chi connectivity index (χ1n) is 20.0. The zero-order valence-electron chi connectivity index (χ0n) is 32.3. The summed E-state index contributed by atoms with van der Waals surface area (Å²) in [5.41, 5.74) is 0.327. The van der Waals surface area contributed by atoms with Crippen molar-refractivity contribution in [2.75, 3.05) is 0 Å². The van der Waals surface area contributed by atoms with Gasteiger partial charge < -0.3 is 10.2 Å². The highest BCUT2D eigenvalue weighted by Crippen LogP contribution is 2.68. The first kappa shape index (κ1) is 38.5. The highest BCUT2D eigenvalue weighted by Gasteiger charge is 2.67. The van der Waals surface area contributed by atoms with E-state index in [2.05, 4.69) is 13.8 Å². The van der Waals surface area contributed by atoms with Crippen molar-refractivity contribution in [1.82, 2.24) is 0 Å². The minimum absolute atomic E-state index is 0.0179. The highest BCUT2D eigenvalue weighted by molar-refractivity contribution is 6.34. The SMILES string of the molecule is C[C@@H]1C[C@H]2[C@@H]3CCC4=CC(=O)C=C[C@]4(C)[C@H]3C(=O)C[C@]2(C)[C@H]1C(=O)C(=O)O.C[C@@H]1C[C@H]2[C@@H]3CCC4=CC(=O)CC[C@]4(C)[C@H]3C(=O)C[C@]2(C)[C@H]1C(=O)C(=O)O. The molecule has 0 saturated heterocycles. The Morgan fingerprint density at radius 3 is 1.67 bits per heavy atom. The molecule has 0 aliphatic heterocycles. The fourth-order valence-corrected chi connectivity index (χ4v) is 14.5. The largest absolute Gasteiger partial charge is 0.475 e. The average Bonchev–Trinajstić information content (AvgIpc) is 3.51. The van der Waals surface area contributed by atoms with Crippen LogP contribution in [0.2, 0.25) is 0 Å². The third-order valence-electron chi connectivity index (χ3n) is 16.6. The van der Waals surface area contributed by atoms with Crippen molar-refractivity contribution >= 4 is 46.6 Å². The minimum Gasteiger partial charge on any atom is -0.475 e. The number of aliphatic carboxylic acids is 2. The topological polar surface area (TPSA) is 177 Å². The second-order valence-corrected chi connectivity index (χ2v) is 19.3. The van der Waals surface area contributed by atoms with Crippen LogP contribution >= 0.6 is 0 Å². The van der Waals surface area contributed by atoms with Gasteiger partial charge in [-0.1, -0.05) is 58.8 Å². The van der Waals surface area contributed by atoms with Crippen LogP contribution in [0.25, 0.3) is 0 Å². The molecule has 14 atom stereocenters. The van der Waals surface area contributed by atoms with Crippen molar-refractivity contribution in [2.45, 2.75) is 106 Å². The predicted molar refractivity (Wildman–Crippen MR) is 195 cm³/mol. The smallest absolute Gasteiger partial charge is 0.372 e. The molecule has 0 bridgehead atoms. The van der Waals surface area contributed by atoms with Gasteiger partial charge in [-0.15, -0.1) is 0 Å². The van der Waals surface area contributed by atoms with Gasteiger partial charge in [0.15, 0.2) is 11.6 Å². The number of fused-ring (bicyclic) bond motifs is 10. The maximum absolute atomic E-state index is 13.4. The van der Waals surface area contributed by atoms with Crippen LogP contribution in [-0.2, 0) is 38.4 Å². The lowest BCUT2D eigenvalue weighted by Crippen LogP contribution is -2.55. The molecule has 0 heterocycles. The van der Waals surface area contributed by atoms with E-state index in [1.54, 1.807) is 18.2 Å². The zero-order chi connectivity index (χ0) is 39.4. The van der Waals surface area contributed by atoms with Crippen molar-refractivity contribution in [2.24, 2.45) is 80.8 Å². The van der Waals surface area contributed by atoms with Crippen LogP contribution in [0.4, 0.5) is 0 Å². The number of rotatable bonds is 4. The van der Waals surface area contributed by atoms with E-state index in [-0.39, 0.29) is 88.7 Å². The Bertz CT molecular complexity index is 1860. The summed E-state index contributed by atoms with van der Waals surface area (Å²) in [6.07, 6.45) is 13.6. The number of hydrogen-bond acceptors (Lipinski definition) is 8. The molecule has 8 aliphatic rings. The first-order valence-corrected chi connectivity index (χ1v) is 20.0. The number of carbonyl (C=O) groups excluding carboxylic acids is 6. The second kappa shape index (κ2) is 12.9. The van der Waals surface area contributed by atoms with Gasteiger partial charge in [0.05, 0.1) is 0 Å². The van der Waals surface area contributed by atoms with E-state index >= 15 is 0 Å². The van der Waals surface area contributed by atoms with Crippen LogP contribution in [0.15, 0.2) is 35.5 Å². The molecule has 0 unspecified atom stereocenters. The minimum atomic E-state index is -1.39. The zero-order valence-corrected chi connectivity index (χ0v) is 32.3. The third kappa shape index (κ3) is 5.46. The Balaban J connectivity index is 0.000000167. The molecule has 6 fully saturated rings. The number of ketones is 6. The summed E-state index contributed by atoms with van der Waals surface area (Å²) in [5.74, 6) is -4.69. The van der Waals surface area contributed by atoms with Crippen LogP contribution < -0.4 is 0 Å². The number of allylic oxidation sites excluding steroid dienone is 5. The van der Waals surface area contributed by atoms with Gasteiger partial charge in [-0.2, -0.15) is 0 Å². The molecule has 0 radical (unpaired) electrons. The predicted octanol–water partition coefficient (Wildman–Crippen LogP) is 6.20. The Morgan fingerprint density at radius 1 is 0.667 bits per heavy atom. The summed E-state index contributed by atoms with van der Waals surface area (Å²) in [4.78, 5) is 98.2. The molecule has 0 spiro atoms. The van der Waals surface area contributed by atoms with E-state index in [0.717, 1.165) is 56.1 Å². The molecule has 6 saturated carbocycles. The fourth-order valence-electron chi connectivity index (χ4n) is 14.5. The van der Waals surface area contributed by atoms with Crippen molar-refractivity contribution in [3.8, 4) is 0 Å². The van der Waals surface area contributed by atoms with Gasteiger partial charge in [0, 0.05) is 48.3 Å². The normalized spacial score (nSPS) is 45.9. The molecular weight excluding hydrogens is 688 g/mol. The standard InChI is InChI=1S/C22H28O5.C22H26O5/c2*1-11-8-15-14-5-4-12-9-13(23)6-7-21(12,2)18(14)16(24)10-22(15,3)17(11)19(25)20(26)27/h9,11,14-15,17-18H,4-8,10H2,1-3H3,(H,26,27);6-7,9,11,14-15,17-18H,4-5,8,10H2,1-3H3,(H,26,27)/t2*11-,14+,15+,17-,18-,21+,22+/m11/s1. The van der Waals surface area contributed by atoms with Crippen molar-refractivity contribution in [3.05, 3.63) is 35.5 Å². The second-order valence-electron chi connectivity index (χ2n) is 19.3. The van der Waals surface area contributed by atoms with Gasteiger partial charge >= 0.3 is 11.9 Å². The van der Waals surface area contributed by atoms with Gasteiger partial charge in [0.1, 0.15) is 11.6 Å². The summed E-state index contributed by atoms with van der Waals surface area (Å²) >= 11 is 0. The van der Waals surface area contributed by atoms with E-state index in [1.165, 1.54) is 0 Å².